The molecule has 8 heteroatoms. The molecule has 0 fully saturated rings. The van der Waals surface area contributed by atoms with Crippen molar-refractivity contribution in [1.29, 1.82) is 0 Å². The Balaban J connectivity index is 1.86. The van der Waals surface area contributed by atoms with Gasteiger partial charge in [-0.3, -0.25) is 14.5 Å². The molecule has 0 radical (unpaired) electrons. The third-order valence-corrected chi connectivity index (χ3v) is 4.80. The summed E-state index contributed by atoms with van der Waals surface area (Å²) in [5.41, 5.74) is -0.0388. The molecule has 1 atom stereocenters. The first-order chi connectivity index (χ1) is 12.1. The topological polar surface area (TPSA) is 96.8 Å². The smallest absolute Gasteiger partial charge is 0.295 e. The molecule has 0 unspecified atom stereocenters. The average molecular weight is 356 g/mol. The van der Waals surface area contributed by atoms with E-state index in [9.17, 15) is 14.7 Å². The molecule has 1 amide bonds. The lowest BCUT2D eigenvalue weighted by Crippen LogP contribution is -2.30. The maximum absolute atomic E-state index is 12.8. The lowest BCUT2D eigenvalue weighted by Gasteiger charge is -2.22. The van der Waals surface area contributed by atoms with E-state index < -0.39 is 23.5 Å². The van der Waals surface area contributed by atoms with Crippen LogP contribution in [0, 0.1) is 6.92 Å². The predicted octanol–water partition coefficient (Wildman–Crippen LogP) is 3.42. The lowest BCUT2D eigenvalue weighted by molar-refractivity contribution is -0.117. The predicted molar refractivity (Wildman–Crippen MR) is 88.5 cm³/mol. The van der Waals surface area contributed by atoms with Crippen molar-refractivity contribution in [2.75, 3.05) is 4.90 Å². The van der Waals surface area contributed by atoms with Crippen LogP contribution in [0.2, 0.25) is 0 Å². The average Bonchev–Trinajstić information content (AvgIpc) is 3.36. The monoisotopic (exact) mass is 356 g/mol. The Morgan fingerprint density at radius 3 is 2.80 bits per heavy atom. The van der Waals surface area contributed by atoms with Crippen LogP contribution >= 0.6 is 11.3 Å². The number of furan rings is 1. The van der Waals surface area contributed by atoms with Gasteiger partial charge in [-0.2, -0.15) is 0 Å². The third kappa shape index (κ3) is 2.38. The molecule has 3 aromatic heterocycles. The number of thiophene rings is 1. The quantitative estimate of drug-likeness (QED) is 0.720. The van der Waals surface area contributed by atoms with Crippen LogP contribution in [0.5, 0.6) is 0 Å². The molecule has 4 rings (SSSR count). The summed E-state index contributed by atoms with van der Waals surface area (Å²) >= 11 is 1.37. The van der Waals surface area contributed by atoms with Crippen molar-refractivity contribution < 1.29 is 23.6 Å². The van der Waals surface area contributed by atoms with E-state index in [1.807, 2.05) is 5.38 Å². The van der Waals surface area contributed by atoms with Crippen molar-refractivity contribution in [3.63, 3.8) is 0 Å². The first-order valence-electron chi connectivity index (χ1n) is 7.39. The van der Waals surface area contributed by atoms with E-state index in [1.165, 1.54) is 28.6 Å². The molecule has 0 aliphatic carbocycles. The number of hydrogen-bond donors (Lipinski definition) is 1. The molecule has 1 N–H and O–H groups in total. The van der Waals surface area contributed by atoms with Gasteiger partial charge in [-0.25, -0.2) is 0 Å². The molecule has 126 valence electrons. The Hall–Kier alpha value is -3.13. The number of anilines is 1. The van der Waals surface area contributed by atoms with Crippen molar-refractivity contribution in [3.8, 4) is 0 Å². The second-order valence-electron chi connectivity index (χ2n) is 5.46. The molecule has 0 saturated carbocycles. The van der Waals surface area contributed by atoms with E-state index in [1.54, 1.807) is 31.2 Å². The van der Waals surface area contributed by atoms with Crippen LogP contribution in [0.4, 0.5) is 5.82 Å². The van der Waals surface area contributed by atoms with Crippen LogP contribution in [0.3, 0.4) is 0 Å². The number of carbonyl (C=O) groups is 2. The van der Waals surface area contributed by atoms with Crippen molar-refractivity contribution >= 4 is 28.8 Å². The number of nitrogens with zero attached hydrogens (tertiary/aromatic N) is 2. The summed E-state index contributed by atoms with van der Waals surface area (Å²) in [6, 6.07) is 7.43. The summed E-state index contributed by atoms with van der Waals surface area (Å²) < 4.78 is 10.2. The van der Waals surface area contributed by atoms with Gasteiger partial charge in [0.25, 0.3) is 5.91 Å². The maximum Gasteiger partial charge on any atom is 0.295 e. The van der Waals surface area contributed by atoms with Crippen LogP contribution in [0.1, 0.15) is 27.2 Å². The zero-order chi connectivity index (χ0) is 17.6. The Morgan fingerprint density at radius 1 is 1.36 bits per heavy atom. The number of aromatic nitrogens is 1. The largest absolute Gasteiger partial charge is 0.503 e. The summed E-state index contributed by atoms with van der Waals surface area (Å²) in [6.45, 7) is 1.69. The van der Waals surface area contributed by atoms with E-state index >= 15 is 0 Å². The highest BCUT2D eigenvalue weighted by Gasteiger charge is 2.46. The molecule has 0 saturated heterocycles. The van der Waals surface area contributed by atoms with E-state index in [2.05, 4.69) is 5.16 Å². The Bertz CT molecular complexity index is 969. The molecule has 3 aromatic rings. The second kappa shape index (κ2) is 5.75. The summed E-state index contributed by atoms with van der Waals surface area (Å²) in [5, 5.41) is 16.1. The second-order valence-corrected chi connectivity index (χ2v) is 6.44. The highest BCUT2D eigenvalue weighted by atomic mass is 32.1. The summed E-state index contributed by atoms with van der Waals surface area (Å²) in [6.07, 6.45) is 1.36. The Morgan fingerprint density at radius 2 is 2.20 bits per heavy atom. The molecule has 0 spiro atoms. The molecule has 1 aliphatic heterocycles. The zero-order valence-electron chi connectivity index (χ0n) is 13.0. The van der Waals surface area contributed by atoms with Crippen molar-refractivity contribution in [3.05, 3.63) is 69.7 Å². The molecular formula is C17H12N2O5S. The normalized spacial score (nSPS) is 17.6. The van der Waals surface area contributed by atoms with Gasteiger partial charge in [0.15, 0.2) is 17.3 Å². The van der Waals surface area contributed by atoms with E-state index in [0.717, 1.165) is 0 Å². The molecule has 0 aromatic carbocycles. The number of hydrogen-bond acceptors (Lipinski definition) is 7. The summed E-state index contributed by atoms with van der Waals surface area (Å²) in [4.78, 5) is 27.5. The van der Waals surface area contributed by atoms with Crippen molar-refractivity contribution in [2.45, 2.75) is 13.0 Å². The van der Waals surface area contributed by atoms with Crippen LogP contribution in [-0.4, -0.2) is 22.0 Å². The number of aliphatic hydroxyl groups is 1. The zero-order valence-corrected chi connectivity index (χ0v) is 13.8. The van der Waals surface area contributed by atoms with Gasteiger partial charge >= 0.3 is 0 Å². The van der Waals surface area contributed by atoms with Gasteiger partial charge in [0.2, 0.25) is 5.78 Å². The highest BCUT2D eigenvalue weighted by molar-refractivity contribution is 7.10. The number of Topliss-reactive ketones (excluding diaryl/α,β-unsaturated/α-hetero) is 1. The minimum atomic E-state index is -0.797. The first kappa shape index (κ1) is 15.4. The third-order valence-electron chi connectivity index (χ3n) is 3.87. The van der Waals surface area contributed by atoms with Gasteiger partial charge in [-0.15, -0.1) is 11.3 Å². The molecule has 1 aliphatic rings. The van der Waals surface area contributed by atoms with Gasteiger partial charge in [-0.05, 0) is 30.5 Å². The van der Waals surface area contributed by atoms with Crippen LogP contribution in [-0.2, 0) is 4.79 Å². The number of aliphatic hydroxyl groups excluding tert-OH is 1. The fourth-order valence-corrected chi connectivity index (χ4v) is 3.62. The van der Waals surface area contributed by atoms with Crippen molar-refractivity contribution in [2.24, 2.45) is 0 Å². The van der Waals surface area contributed by atoms with E-state index in [4.69, 9.17) is 8.94 Å². The standard InChI is InChI=1S/C17H12N2O5S/c1-9-8-12(18-24-9)19-14(11-5-3-7-25-11)13(16(21)17(19)22)15(20)10-4-2-6-23-10/h2-8,14,21H,1H3/t14-/m1/s1. The van der Waals surface area contributed by atoms with Gasteiger partial charge in [0.1, 0.15) is 11.8 Å². The maximum atomic E-state index is 12.8. The Labute approximate surface area is 145 Å². The molecule has 25 heavy (non-hydrogen) atoms. The summed E-state index contributed by atoms with van der Waals surface area (Å²) in [5.74, 6) is -1.07. The van der Waals surface area contributed by atoms with E-state index in [0.29, 0.717) is 10.6 Å². The minimum absolute atomic E-state index is 0.0388. The molecule has 4 heterocycles. The molecule has 0 bridgehead atoms. The fraction of sp³-hybridized carbons (Fsp3) is 0.118. The first-order valence-corrected chi connectivity index (χ1v) is 8.27. The van der Waals surface area contributed by atoms with Gasteiger partial charge in [0.05, 0.1) is 11.8 Å². The number of aryl methyl sites for hydroxylation is 1. The Kier molecular flexibility index (Phi) is 3.54. The fourth-order valence-electron chi connectivity index (χ4n) is 2.80. The molecule has 7 nitrogen and oxygen atoms in total. The van der Waals surface area contributed by atoms with Gasteiger partial charge in [0, 0.05) is 10.9 Å². The van der Waals surface area contributed by atoms with Crippen LogP contribution in [0.15, 0.2) is 62.2 Å². The number of rotatable bonds is 4. The number of amides is 1. The van der Waals surface area contributed by atoms with Crippen LogP contribution < -0.4 is 4.90 Å². The lowest BCUT2D eigenvalue weighted by atomic mass is 10.0. The van der Waals surface area contributed by atoms with Crippen LogP contribution in [0.25, 0.3) is 0 Å². The van der Waals surface area contributed by atoms with Gasteiger partial charge < -0.3 is 14.0 Å². The van der Waals surface area contributed by atoms with Gasteiger partial charge in [-0.1, -0.05) is 11.2 Å². The minimum Gasteiger partial charge on any atom is -0.503 e. The van der Waals surface area contributed by atoms with Crippen molar-refractivity contribution in [1.82, 2.24) is 5.16 Å². The van der Waals surface area contributed by atoms with E-state index in [-0.39, 0.29) is 17.2 Å². The highest BCUT2D eigenvalue weighted by Crippen LogP contribution is 2.43. The number of carbonyl (C=O) groups excluding carboxylic acids is 2. The molecular weight excluding hydrogens is 344 g/mol. The summed E-state index contributed by atoms with van der Waals surface area (Å²) in [7, 11) is 0. The number of ketones is 1. The SMILES string of the molecule is Cc1cc(N2C(=O)C(O)=C(C(=O)c3ccco3)[C@H]2c2cccs2)no1.